The second-order valence-electron chi connectivity index (χ2n) is 5.06. The van der Waals surface area contributed by atoms with Gasteiger partial charge < -0.3 is 19.7 Å². The van der Waals surface area contributed by atoms with Crippen LogP contribution in [0.3, 0.4) is 0 Å². The predicted molar refractivity (Wildman–Crippen MR) is 82.3 cm³/mol. The molecule has 0 radical (unpaired) electrons. The van der Waals surface area contributed by atoms with Gasteiger partial charge in [-0.2, -0.15) is 0 Å². The third-order valence-corrected chi connectivity index (χ3v) is 4.09. The summed E-state index contributed by atoms with van der Waals surface area (Å²) in [4.78, 5) is 2.47. The van der Waals surface area contributed by atoms with E-state index in [-0.39, 0.29) is 0 Å². The van der Waals surface area contributed by atoms with Crippen molar-refractivity contribution in [3.05, 3.63) is 22.2 Å². The minimum Gasteiger partial charge on any atom is -0.493 e. The van der Waals surface area contributed by atoms with Crippen LogP contribution in [0.25, 0.3) is 0 Å². The quantitative estimate of drug-likeness (QED) is 0.903. The van der Waals surface area contributed by atoms with Gasteiger partial charge in [-0.15, -0.1) is 0 Å². The maximum absolute atomic E-state index is 6.21. The van der Waals surface area contributed by atoms with Gasteiger partial charge in [0.25, 0.3) is 0 Å². The molecule has 1 N–H and O–H groups in total. The van der Waals surface area contributed by atoms with E-state index in [1.165, 1.54) is 5.56 Å². The van der Waals surface area contributed by atoms with E-state index >= 15 is 0 Å². The number of nitrogens with one attached hydrogen (secondary N) is 1. The molecule has 1 saturated heterocycles. The van der Waals surface area contributed by atoms with Crippen molar-refractivity contribution in [1.29, 1.82) is 0 Å². The molecule has 112 valence electrons. The van der Waals surface area contributed by atoms with E-state index in [0.29, 0.717) is 10.8 Å². The van der Waals surface area contributed by atoms with E-state index in [1.807, 2.05) is 6.07 Å². The van der Waals surface area contributed by atoms with Crippen molar-refractivity contribution in [3.63, 3.8) is 0 Å². The first-order valence-corrected chi connectivity index (χ1v) is 7.38. The Labute approximate surface area is 126 Å². The van der Waals surface area contributed by atoms with Gasteiger partial charge in [0.2, 0.25) is 0 Å². The number of nitrogens with zero attached hydrogens (tertiary/aromatic N) is 1. The smallest absolute Gasteiger partial charge is 0.179 e. The normalized spacial score (nSPS) is 16.2. The van der Waals surface area contributed by atoms with Crippen LogP contribution in [0.15, 0.2) is 6.07 Å². The maximum Gasteiger partial charge on any atom is 0.179 e. The van der Waals surface area contributed by atoms with Crippen LogP contribution in [0.2, 0.25) is 5.02 Å². The molecule has 5 heteroatoms. The van der Waals surface area contributed by atoms with E-state index in [1.54, 1.807) is 14.2 Å². The molecule has 20 heavy (non-hydrogen) atoms. The average molecular weight is 299 g/mol. The Morgan fingerprint density at radius 2 is 1.85 bits per heavy atom. The lowest BCUT2D eigenvalue weighted by Gasteiger charge is -2.27. The van der Waals surface area contributed by atoms with Gasteiger partial charge in [-0.25, -0.2) is 0 Å². The summed E-state index contributed by atoms with van der Waals surface area (Å²) in [5.41, 5.74) is 2.34. The molecule has 0 bridgehead atoms. The van der Waals surface area contributed by atoms with E-state index in [0.717, 1.165) is 50.5 Å². The Morgan fingerprint density at radius 1 is 1.20 bits per heavy atom. The molecule has 1 aliphatic rings. The van der Waals surface area contributed by atoms with Gasteiger partial charge in [0.15, 0.2) is 11.5 Å². The summed E-state index contributed by atoms with van der Waals surface area (Å²) in [6.07, 6.45) is 0.947. The Kier molecular flexibility index (Phi) is 5.52. The minimum absolute atomic E-state index is 0.604. The summed E-state index contributed by atoms with van der Waals surface area (Å²) < 4.78 is 10.9. The Balaban J connectivity index is 2.17. The van der Waals surface area contributed by atoms with E-state index < -0.39 is 0 Å². The topological polar surface area (TPSA) is 33.7 Å². The highest BCUT2D eigenvalue weighted by Gasteiger charge is 2.18. The molecule has 1 aromatic rings. The van der Waals surface area contributed by atoms with E-state index in [4.69, 9.17) is 21.1 Å². The standard InChI is InChI=1S/C15H23ClN2O2/c1-11-10-13(16)15(20-3)14(19-2)12(11)4-7-18-8-5-17-6-9-18/h10,17H,4-9H2,1-3H3. The molecular weight excluding hydrogens is 276 g/mol. The summed E-state index contributed by atoms with van der Waals surface area (Å²) >= 11 is 6.21. The van der Waals surface area contributed by atoms with E-state index in [9.17, 15) is 0 Å². The highest BCUT2D eigenvalue weighted by Crippen LogP contribution is 2.40. The maximum atomic E-state index is 6.21. The highest BCUT2D eigenvalue weighted by molar-refractivity contribution is 6.32. The molecule has 0 aliphatic carbocycles. The highest BCUT2D eigenvalue weighted by atomic mass is 35.5. The fraction of sp³-hybridized carbons (Fsp3) is 0.600. The zero-order chi connectivity index (χ0) is 14.5. The summed E-state index contributed by atoms with van der Waals surface area (Å²) in [5, 5.41) is 3.97. The number of methoxy groups -OCH3 is 2. The van der Waals surface area contributed by atoms with Crippen LogP contribution in [0.5, 0.6) is 11.5 Å². The van der Waals surface area contributed by atoms with Gasteiger partial charge >= 0.3 is 0 Å². The molecule has 0 spiro atoms. The van der Waals surface area contributed by atoms with Crippen molar-refractivity contribution in [2.24, 2.45) is 0 Å². The lowest BCUT2D eigenvalue weighted by molar-refractivity contribution is 0.242. The summed E-state index contributed by atoms with van der Waals surface area (Å²) in [7, 11) is 3.29. The van der Waals surface area contributed by atoms with Gasteiger partial charge in [0.1, 0.15) is 0 Å². The predicted octanol–water partition coefficient (Wildman–Crippen LogP) is 2.11. The molecule has 2 rings (SSSR count). The van der Waals surface area contributed by atoms with Crippen LogP contribution in [-0.4, -0.2) is 51.8 Å². The zero-order valence-electron chi connectivity index (χ0n) is 12.5. The summed E-state index contributed by atoms with van der Waals surface area (Å²) in [5.74, 6) is 1.41. The molecule has 0 saturated carbocycles. The molecule has 1 fully saturated rings. The van der Waals surface area contributed by atoms with Crippen molar-refractivity contribution in [2.45, 2.75) is 13.3 Å². The number of halogens is 1. The zero-order valence-corrected chi connectivity index (χ0v) is 13.2. The molecule has 4 nitrogen and oxygen atoms in total. The molecule has 0 amide bonds. The van der Waals surface area contributed by atoms with Crippen molar-refractivity contribution in [3.8, 4) is 11.5 Å². The molecule has 0 unspecified atom stereocenters. The van der Waals surface area contributed by atoms with Crippen molar-refractivity contribution < 1.29 is 9.47 Å². The second kappa shape index (κ2) is 7.16. The van der Waals surface area contributed by atoms with Crippen molar-refractivity contribution >= 4 is 11.6 Å². The third-order valence-electron chi connectivity index (χ3n) is 3.81. The van der Waals surface area contributed by atoms with Gasteiger partial charge in [-0.3, -0.25) is 0 Å². The Hall–Kier alpha value is -0.970. The Bertz CT molecular complexity index is 460. The molecular formula is C15H23ClN2O2. The molecule has 1 aromatic carbocycles. The van der Waals surface area contributed by atoms with Gasteiger partial charge in [-0.1, -0.05) is 11.6 Å². The van der Waals surface area contributed by atoms with Crippen LogP contribution < -0.4 is 14.8 Å². The first-order valence-electron chi connectivity index (χ1n) is 7.00. The second-order valence-corrected chi connectivity index (χ2v) is 5.47. The fourth-order valence-electron chi connectivity index (χ4n) is 2.69. The first-order chi connectivity index (χ1) is 9.67. The molecule has 0 atom stereocenters. The molecule has 1 aliphatic heterocycles. The molecule has 1 heterocycles. The lowest BCUT2D eigenvalue weighted by atomic mass is 10.0. The number of hydrogen-bond acceptors (Lipinski definition) is 4. The van der Waals surface area contributed by atoms with Gasteiger partial charge in [0, 0.05) is 38.3 Å². The lowest BCUT2D eigenvalue weighted by Crippen LogP contribution is -2.44. The number of ether oxygens (including phenoxy) is 2. The van der Waals surface area contributed by atoms with Crippen LogP contribution in [0.4, 0.5) is 0 Å². The number of rotatable bonds is 5. The largest absolute Gasteiger partial charge is 0.493 e. The van der Waals surface area contributed by atoms with Gasteiger partial charge in [-0.05, 0) is 25.0 Å². The summed E-state index contributed by atoms with van der Waals surface area (Å²) in [6.45, 7) is 7.45. The SMILES string of the molecule is COc1c(Cl)cc(C)c(CCN2CCNCC2)c1OC. The minimum atomic E-state index is 0.604. The number of benzene rings is 1. The van der Waals surface area contributed by atoms with Crippen molar-refractivity contribution in [2.75, 3.05) is 46.9 Å². The van der Waals surface area contributed by atoms with Crippen LogP contribution in [0.1, 0.15) is 11.1 Å². The number of hydrogen-bond donors (Lipinski definition) is 1. The van der Waals surface area contributed by atoms with E-state index in [2.05, 4.69) is 17.1 Å². The number of aryl methyl sites for hydroxylation is 1. The van der Waals surface area contributed by atoms with Crippen molar-refractivity contribution in [1.82, 2.24) is 10.2 Å². The fourth-order valence-corrected chi connectivity index (χ4v) is 3.02. The van der Waals surface area contributed by atoms with Crippen LogP contribution >= 0.6 is 11.6 Å². The summed E-state index contributed by atoms with van der Waals surface area (Å²) in [6, 6.07) is 1.95. The monoisotopic (exact) mass is 298 g/mol. The Morgan fingerprint density at radius 3 is 2.45 bits per heavy atom. The average Bonchev–Trinajstić information content (AvgIpc) is 2.46. The molecule has 0 aromatic heterocycles. The van der Waals surface area contributed by atoms with Gasteiger partial charge in [0.05, 0.1) is 19.2 Å². The number of piperazine rings is 1. The van der Waals surface area contributed by atoms with Crippen LogP contribution in [0, 0.1) is 6.92 Å². The van der Waals surface area contributed by atoms with Crippen LogP contribution in [-0.2, 0) is 6.42 Å². The third kappa shape index (κ3) is 3.37. The first kappa shape index (κ1) is 15.4.